The van der Waals surface area contributed by atoms with Crippen LogP contribution in [-0.4, -0.2) is 23.5 Å². The van der Waals surface area contributed by atoms with Crippen LogP contribution in [0.3, 0.4) is 0 Å². The molecule has 0 radical (unpaired) electrons. The van der Waals surface area contributed by atoms with E-state index in [1.165, 1.54) is 12.1 Å². The number of hydrogen-bond donors (Lipinski definition) is 1. The van der Waals surface area contributed by atoms with E-state index in [0.29, 0.717) is 5.56 Å². The second-order valence-corrected chi connectivity index (χ2v) is 3.29. The lowest BCUT2D eigenvalue weighted by molar-refractivity contribution is -0.134. The highest BCUT2D eigenvalue weighted by Gasteiger charge is 2.27. The van der Waals surface area contributed by atoms with Gasteiger partial charge in [0.25, 0.3) is 0 Å². The minimum Gasteiger partial charge on any atom is -0.274 e. The Kier molecular flexibility index (Phi) is 2.82. The molecule has 1 aromatic carbocycles. The number of nitrogens with one attached hydrogen (secondary N) is 1. The number of urea groups is 1. The first kappa shape index (κ1) is 10.6. The summed E-state index contributed by atoms with van der Waals surface area (Å²) in [6.07, 6.45) is 0. The highest BCUT2D eigenvalue weighted by atomic mass is 19.1. The van der Waals surface area contributed by atoms with E-state index < -0.39 is 11.9 Å². The molecule has 0 saturated carbocycles. The lowest BCUT2D eigenvalue weighted by Gasteiger charge is -2.12. The van der Waals surface area contributed by atoms with Crippen LogP contribution in [0, 0.1) is 5.82 Å². The summed E-state index contributed by atoms with van der Waals surface area (Å²) >= 11 is 0. The number of rotatable bonds is 3. The van der Waals surface area contributed by atoms with Crippen LogP contribution in [-0.2, 0) is 16.2 Å². The number of nitrogens with zero attached hydrogens (tertiary/aromatic N) is 1. The summed E-state index contributed by atoms with van der Waals surface area (Å²) in [5, 5.41) is 2.97. The van der Waals surface area contributed by atoms with E-state index >= 15 is 0 Å². The minimum absolute atomic E-state index is 0.0401. The molecule has 5 nitrogen and oxygen atoms in total. The van der Waals surface area contributed by atoms with Crippen LogP contribution in [0.5, 0.6) is 0 Å². The maximum absolute atomic E-state index is 12.8. The van der Waals surface area contributed by atoms with Crippen molar-refractivity contribution in [3.63, 3.8) is 0 Å². The van der Waals surface area contributed by atoms with Crippen molar-refractivity contribution in [2.24, 2.45) is 0 Å². The average molecular weight is 224 g/mol. The molecular weight excluding hydrogens is 215 g/mol. The van der Waals surface area contributed by atoms with Gasteiger partial charge in [0.1, 0.15) is 19.0 Å². The molecule has 84 valence electrons. The van der Waals surface area contributed by atoms with Gasteiger partial charge in [0, 0.05) is 0 Å². The third kappa shape index (κ3) is 2.34. The summed E-state index contributed by atoms with van der Waals surface area (Å²) in [4.78, 5) is 26.9. The van der Waals surface area contributed by atoms with Crippen molar-refractivity contribution in [1.29, 1.82) is 0 Å². The van der Waals surface area contributed by atoms with Crippen LogP contribution in [0.1, 0.15) is 5.56 Å². The van der Waals surface area contributed by atoms with Gasteiger partial charge in [-0.15, -0.1) is 0 Å². The SMILES string of the molecule is O=C1CN(OCc2cccc(F)c2)C(=O)N1. The molecule has 1 fully saturated rings. The molecule has 1 heterocycles. The molecule has 16 heavy (non-hydrogen) atoms. The van der Waals surface area contributed by atoms with Crippen LogP contribution >= 0.6 is 0 Å². The summed E-state index contributed by atoms with van der Waals surface area (Å²) in [6, 6.07) is 5.23. The molecule has 1 aliphatic heterocycles. The van der Waals surface area contributed by atoms with E-state index in [-0.39, 0.29) is 19.0 Å². The molecule has 3 amide bonds. The smallest absolute Gasteiger partial charge is 0.274 e. The molecule has 0 spiro atoms. The molecule has 2 rings (SSSR count). The van der Waals surface area contributed by atoms with E-state index in [2.05, 4.69) is 5.32 Å². The van der Waals surface area contributed by atoms with E-state index in [0.717, 1.165) is 5.06 Å². The Morgan fingerprint density at radius 1 is 1.44 bits per heavy atom. The van der Waals surface area contributed by atoms with E-state index in [9.17, 15) is 14.0 Å². The molecule has 1 aromatic rings. The fraction of sp³-hybridized carbons (Fsp3) is 0.200. The van der Waals surface area contributed by atoms with Gasteiger partial charge in [0.2, 0.25) is 5.91 Å². The fourth-order valence-electron chi connectivity index (χ4n) is 1.31. The molecule has 0 unspecified atom stereocenters. The maximum atomic E-state index is 12.8. The zero-order valence-corrected chi connectivity index (χ0v) is 8.27. The van der Waals surface area contributed by atoms with Crippen molar-refractivity contribution in [2.75, 3.05) is 6.54 Å². The van der Waals surface area contributed by atoms with Gasteiger partial charge in [0.15, 0.2) is 0 Å². The quantitative estimate of drug-likeness (QED) is 0.773. The Morgan fingerprint density at radius 3 is 2.88 bits per heavy atom. The zero-order chi connectivity index (χ0) is 11.5. The van der Waals surface area contributed by atoms with Crippen LogP contribution in [0.2, 0.25) is 0 Å². The van der Waals surface area contributed by atoms with Gasteiger partial charge in [-0.1, -0.05) is 12.1 Å². The monoisotopic (exact) mass is 224 g/mol. The van der Waals surface area contributed by atoms with Gasteiger partial charge in [-0.05, 0) is 17.7 Å². The third-order valence-corrected chi connectivity index (χ3v) is 2.04. The highest BCUT2D eigenvalue weighted by molar-refractivity contribution is 6.01. The number of benzene rings is 1. The van der Waals surface area contributed by atoms with Crippen molar-refractivity contribution >= 4 is 11.9 Å². The molecule has 1 aliphatic rings. The molecule has 6 heteroatoms. The Labute approximate surface area is 90.8 Å². The van der Waals surface area contributed by atoms with Crippen LogP contribution in [0.4, 0.5) is 9.18 Å². The van der Waals surface area contributed by atoms with Gasteiger partial charge in [-0.2, -0.15) is 5.06 Å². The molecule has 0 aromatic heterocycles. The van der Waals surface area contributed by atoms with E-state index in [4.69, 9.17) is 4.84 Å². The highest BCUT2D eigenvalue weighted by Crippen LogP contribution is 2.07. The number of carbonyl (C=O) groups excluding carboxylic acids is 2. The third-order valence-electron chi connectivity index (χ3n) is 2.04. The van der Waals surface area contributed by atoms with Gasteiger partial charge in [-0.3, -0.25) is 14.9 Å². The number of hydroxylamine groups is 2. The van der Waals surface area contributed by atoms with Crippen molar-refractivity contribution in [3.05, 3.63) is 35.6 Å². The van der Waals surface area contributed by atoms with Crippen molar-refractivity contribution in [1.82, 2.24) is 10.4 Å². The largest absolute Gasteiger partial charge is 0.348 e. The summed E-state index contributed by atoms with van der Waals surface area (Å²) in [5.74, 6) is -0.785. The molecule has 0 aliphatic carbocycles. The summed E-state index contributed by atoms with van der Waals surface area (Å²) in [7, 11) is 0. The average Bonchev–Trinajstić information content (AvgIpc) is 2.54. The number of hydrogen-bond acceptors (Lipinski definition) is 3. The first-order chi connectivity index (χ1) is 7.65. The minimum atomic E-state index is -0.596. The topological polar surface area (TPSA) is 58.6 Å². The first-order valence-electron chi connectivity index (χ1n) is 4.64. The molecular formula is C10H9FN2O3. The lowest BCUT2D eigenvalue weighted by atomic mass is 10.2. The Bertz CT molecular complexity index is 436. The maximum Gasteiger partial charge on any atom is 0.348 e. The summed E-state index contributed by atoms with van der Waals surface area (Å²) < 4.78 is 12.8. The summed E-state index contributed by atoms with van der Waals surface area (Å²) in [6.45, 7) is -0.0907. The van der Waals surface area contributed by atoms with Crippen LogP contribution in [0.25, 0.3) is 0 Å². The van der Waals surface area contributed by atoms with Crippen molar-refractivity contribution in [3.8, 4) is 0 Å². The Hall–Kier alpha value is -1.95. The van der Waals surface area contributed by atoms with E-state index in [1.54, 1.807) is 12.1 Å². The van der Waals surface area contributed by atoms with Crippen molar-refractivity contribution in [2.45, 2.75) is 6.61 Å². The van der Waals surface area contributed by atoms with Gasteiger partial charge >= 0.3 is 6.03 Å². The fourth-order valence-corrected chi connectivity index (χ4v) is 1.31. The standard InChI is InChI=1S/C10H9FN2O3/c11-8-3-1-2-7(4-8)6-16-13-5-9(14)12-10(13)15/h1-4H,5-6H2,(H,12,14,15). The Balaban J connectivity index is 1.93. The second-order valence-electron chi connectivity index (χ2n) is 3.29. The van der Waals surface area contributed by atoms with Gasteiger partial charge in [-0.25, -0.2) is 9.18 Å². The zero-order valence-electron chi connectivity index (χ0n) is 8.27. The van der Waals surface area contributed by atoms with Gasteiger partial charge < -0.3 is 0 Å². The van der Waals surface area contributed by atoms with E-state index in [1.807, 2.05) is 0 Å². The van der Waals surface area contributed by atoms with Crippen LogP contribution < -0.4 is 5.32 Å². The van der Waals surface area contributed by atoms with Crippen molar-refractivity contribution < 1.29 is 18.8 Å². The summed E-state index contributed by atoms with van der Waals surface area (Å²) in [5.41, 5.74) is 0.590. The number of imide groups is 1. The normalized spacial score (nSPS) is 15.4. The number of amides is 3. The predicted molar refractivity (Wildman–Crippen MR) is 51.4 cm³/mol. The molecule has 0 bridgehead atoms. The molecule has 0 atom stereocenters. The number of carbonyl (C=O) groups is 2. The lowest BCUT2D eigenvalue weighted by Crippen LogP contribution is -2.28. The molecule has 1 saturated heterocycles. The number of halogens is 1. The molecule has 1 N–H and O–H groups in total. The second kappa shape index (κ2) is 4.28. The first-order valence-corrected chi connectivity index (χ1v) is 4.64. The Morgan fingerprint density at radius 2 is 2.25 bits per heavy atom. The van der Waals surface area contributed by atoms with Gasteiger partial charge in [0.05, 0.1) is 0 Å². The predicted octanol–water partition coefficient (Wildman–Crippen LogP) is 0.809. The van der Waals surface area contributed by atoms with Crippen LogP contribution in [0.15, 0.2) is 24.3 Å².